The molecule has 0 radical (unpaired) electrons. The molecular weight excluding hydrogens is 442 g/mol. The molecule has 2 fully saturated rings. The third-order valence-corrected chi connectivity index (χ3v) is 8.19. The van der Waals surface area contributed by atoms with Crippen molar-refractivity contribution in [3.8, 4) is 5.88 Å². The normalized spacial score (nSPS) is 25.4. The zero-order chi connectivity index (χ0) is 24.4. The molecule has 2 aliphatic carbocycles. The van der Waals surface area contributed by atoms with Crippen LogP contribution in [0.1, 0.15) is 67.7 Å². The highest BCUT2D eigenvalue weighted by Crippen LogP contribution is 2.62. The molecule has 186 valence electrons. The van der Waals surface area contributed by atoms with E-state index in [1.807, 2.05) is 0 Å². The molecule has 0 saturated heterocycles. The molecular formula is C28H35N3O4. The fourth-order valence-corrected chi connectivity index (χ4v) is 6.34. The van der Waals surface area contributed by atoms with Crippen molar-refractivity contribution < 1.29 is 19.4 Å². The second kappa shape index (κ2) is 9.88. The van der Waals surface area contributed by atoms with Crippen LogP contribution in [-0.4, -0.2) is 35.6 Å². The van der Waals surface area contributed by atoms with E-state index in [9.17, 15) is 14.7 Å². The van der Waals surface area contributed by atoms with Gasteiger partial charge in [0, 0.05) is 30.4 Å². The van der Waals surface area contributed by atoms with Gasteiger partial charge in [-0.05, 0) is 85.5 Å². The number of fused-ring (bicyclic) bond motifs is 1. The number of amides is 1. The molecule has 7 heteroatoms. The number of hydrogen-bond acceptors (Lipinski definition) is 5. The number of carbonyl (C=O) groups is 2. The van der Waals surface area contributed by atoms with Gasteiger partial charge in [0.2, 0.25) is 11.8 Å². The summed E-state index contributed by atoms with van der Waals surface area (Å²) in [6.07, 6.45) is 10.4. The lowest BCUT2D eigenvalue weighted by atomic mass is 9.47. The number of ether oxygens (including phenoxy) is 1. The van der Waals surface area contributed by atoms with E-state index in [0.717, 1.165) is 31.7 Å². The van der Waals surface area contributed by atoms with Crippen molar-refractivity contribution in [1.29, 1.82) is 0 Å². The Morgan fingerprint density at radius 1 is 1.23 bits per heavy atom. The van der Waals surface area contributed by atoms with Crippen LogP contribution in [0.4, 0.5) is 5.69 Å². The van der Waals surface area contributed by atoms with Crippen LogP contribution in [0.5, 0.6) is 5.88 Å². The van der Waals surface area contributed by atoms with E-state index in [2.05, 4.69) is 33.8 Å². The summed E-state index contributed by atoms with van der Waals surface area (Å²) in [6, 6.07) is 9.76. The largest absolute Gasteiger partial charge is 0.481 e. The molecule has 3 aliphatic rings. The van der Waals surface area contributed by atoms with Crippen molar-refractivity contribution in [2.24, 2.45) is 17.3 Å². The van der Waals surface area contributed by atoms with Crippen molar-refractivity contribution in [2.75, 3.05) is 19.0 Å². The number of nitrogens with one attached hydrogen (secondary N) is 2. The molecule has 0 unspecified atom stereocenters. The standard InChI is InChI=1S/C28H35N3O4/c1-35-25-9-8-21(17-30-25)24(12-26(32)33)31-27(34)22-15-28(16-22)13-19(14-28)5-4-18-6-7-20-3-2-10-29-23(20)11-18/h6-9,11,17,19,22,24,29H,2-5,10,12-16H2,1H3,(H,31,34)(H,32,33)/t19?,22?,24-,28?/m0/s1. The Bertz CT molecular complexity index is 1070. The van der Waals surface area contributed by atoms with Crippen LogP contribution < -0.4 is 15.4 Å². The molecule has 2 heterocycles. The molecule has 3 N–H and O–H groups in total. The summed E-state index contributed by atoms with van der Waals surface area (Å²) >= 11 is 0. The van der Waals surface area contributed by atoms with Gasteiger partial charge < -0.3 is 20.5 Å². The van der Waals surface area contributed by atoms with Crippen molar-refractivity contribution in [2.45, 2.75) is 63.8 Å². The number of carboxylic acids is 1. The van der Waals surface area contributed by atoms with Gasteiger partial charge in [-0.2, -0.15) is 0 Å². The van der Waals surface area contributed by atoms with Crippen molar-refractivity contribution >= 4 is 17.6 Å². The minimum absolute atomic E-state index is 0.0230. The van der Waals surface area contributed by atoms with Gasteiger partial charge in [0.25, 0.3) is 0 Å². The fraction of sp³-hybridized carbons (Fsp3) is 0.536. The van der Waals surface area contributed by atoms with E-state index < -0.39 is 12.0 Å². The Balaban J connectivity index is 1.08. The quantitative estimate of drug-likeness (QED) is 0.491. The van der Waals surface area contributed by atoms with Crippen LogP contribution >= 0.6 is 0 Å². The third kappa shape index (κ3) is 5.29. The number of benzene rings is 1. The molecule has 7 nitrogen and oxygen atoms in total. The highest BCUT2D eigenvalue weighted by molar-refractivity contribution is 5.81. The van der Waals surface area contributed by atoms with Crippen molar-refractivity contribution in [3.63, 3.8) is 0 Å². The first-order valence-electron chi connectivity index (χ1n) is 12.8. The van der Waals surface area contributed by atoms with Crippen molar-refractivity contribution in [3.05, 3.63) is 53.2 Å². The summed E-state index contributed by atoms with van der Waals surface area (Å²) < 4.78 is 5.07. The lowest BCUT2D eigenvalue weighted by molar-refractivity contribution is -0.143. The summed E-state index contributed by atoms with van der Waals surface area (Å²) in [5.41, 5.74) is 5.18. The van der Waals surface area contributed by atoms with Gasteiger partial charge in [-0.1, -0.05) is 18.2 Å². The Hall–Kier alpha value is -3.09. The minimum atomic E-state index is -0.951. The third-order valence-electron chi connectivity index (χ3n) is 8.19. The van der Waals surface area contributed by atoms with E-state index in [1.165, 1.54) is 56.0 Å². The average Bonchev–Trinajstić information content (AvgIpc) is 2.81. The van der Waals surface area contributed by atoms with Crippen molar-refractivity contribution in [1.82, 2.24) is 10.3 Å². The van der Waals surface area contributed by atoms with Crippen LogP contribution in [-0.2, 0) is 22.4 Å². The molecule has 2 aromatic rings. The maximum Gasteiger partial charge on any atom is 0.305 e. The van der Waals surface area contributed by atoms with Gasteiger partial charge >= 0.3 is 5.97 Å². The number of aryl methyl sites for hydroxylation is 2. The van der Waals surface area contributed by atoms with Gasteiger partial charge in [-0.25, -0.2) is 4.98 Å². The first-order valence-corrected chi connectivity index (χ1v) is 12.8. The minimum Gasteiger partial charge on any atom is -0.481 e. The first-order chi connectivity index (χ1) is 16.9. The van der Waals surface area contributed by atoms with Crippen LogP contribution in [0.3, 0.4) is 0 Å². The summed E-state index contributed by atoms with van der Waals surface area (Å²) in [6.45, 7) is 1.07. The molecule has 1 aromatic carbocycles. The number of aliphatic carboxylic acids is 1. The SMILES string of the molecule is COc1ccc([C@H](CC(=O)O)NC(=O)C2CC3(CC(CCc4ccc5c(c4)NCCC5)C3)C2)cn1. The van der Waals surface area contributed by atoms with Crippen LogP contribution in [0.2, 0.25) is 0 Å². The molecule has 0 bridgehead atoms. The number of aromatic nitrogens is 1. The highest BCUT2D eigenvalue weighted by Gasteiger charge is 2.54. The lowest BCUT2D eigenvalue weighted by Crippen LogP contribution is -2.52. The highest BCUT2D eigenvalue weighted by atomic mass is 16.5. The zero-order valence-corrected chi connectivity index (χ0v) is 20.4. The number of carbonyl (C=O) groups excluding carboxylic acids is 1. The second-order valence-electron chi connectivity index (χ2n) is 10.7. The van der Waals surface area contributed by atoms with E-state index in [1.54, 1.807) is 18.3 Å². The number of hydrogen-bond donors (Lipinski definition) is 3. The Kier molecular flexibility index (Phi) is 6.67. The van der Waals surface area contributed by atoms with Gasteiger partial charge in [0.1, 0.15) is 0 Å². The average molecular weight is 478 g/mol. The molecule has 1 atom stereocenters. The van der Waals surface area contributed by atoms with Gasteiger partial charge in [0.15, 0.2) is 0 Å². The maximum absolute atomic E-state index is 12.9. The smallest absolute Gasteiger partial charge is 0.305 e. The molecule has 1 aromatic heterocycles. The van der Waals surface area contributed by atoms with E-state index in [0.29, 0.717) is 16.9 Å². The number of nitrogens with zero attached hydrogens (tertiary/aromatic N) is 1. The molecule has 5 rings (SSSR count). The maximum atomic E-state index is 12.9. The number of pyridine rings is 1. The predicted molar refractivity (Wildman–Crippen MR) is 133 cm³/mol. The number of rotatable bonds is 9. The summed E-state index contributed by atoms with van der Waals surface area (Å²) in [5, 5.41) is 15.8. The monoisotopic (exact) mass is 477 g/mol. The zero-order valence-electron chi connectivity index (χ0n) is 20.4. The van der Waals surface area contributed by atoms with E-state index >= 15 is 0 Å². The molecule has 1 amide bonds. The molecule has 35 heavy (non-hydrogen) atoms. The number of anilines is 1. The molecule has 1 spiro atoms. The van der Waals surface area contributed by atoms with Crippen LogP contribution in [0, 0.1) is 17.3 Å². The predicted octanol–water partition coefficient (Wildman–Crippen LogP) is 4.52. The van der Waals surface area contributed by atoms with Gasteiger partial charge in [-0.3, -0.25) is 9.59 Å². The Morgan fingerprint density at radius 2 is 2.06 bits per heavy atom. The van der Waals surface area contributed by atoms with E-state index in [-0.39, 0.29) is 18.2 Å². The number of carboxylic acid groups (broad SMARTS) is 1. The summed E-state index contributed by atoms with van der Waals surface area (Å²) in [4.78, 5) is 28.4. The first kappa shape index (κ1) is 23.6. The Labute approximate surface area is 206 Å². The summed E-state index contributed by atoms with van der Waals surface area (Å²) in [7, 11) is 1.53. The second-order valence-corrected chi connectivity index (χ2v) is 10.7. The number of methoxy groups -OCH3 is 1. The van der Waals surface area contributed by atoms with Crippen LogP contribution in [0.15, 0.2) is 36.5 Å². The lowest BCUT2D eigenvalue weighted by Gasteiger charge is -2.57. The van der Waals surface area contributed by atoms with Crippen LogP contribution in [0.25, 0.3) is 0 Å². The van der Waals surface area contributed by atoms with E-state index in [4.69, 9.17) is 4.74 Å². The van der Waals surface area contributed by atoms with Gasteiger partial charge in [0.05, 0.1) is 19.6 Å². The summed E-state index contributed by atoms with van der Waals surface area (Å²) in [5.74, 6) is 0.187. The fourth-order valence-electron chi connectivity index (χ4n) is 6.34. The Morgan fingerprint density at radius 3 is 2.77 bits per heavy atom. The molecule has 2 saturated carbocycles. The molecule has 1 aliphatic heterocycles. The van der Waals surface area contributed by atoms with Gasteiger partial charge in [-0.15, -0.1) is 0 Å². The topological polar surface area (TPSA) is 101 Å².